The predicted molar refractivity (Wildman–Crippen MR) is 66.0 cm³/mol. The van der Waals surface area contributed by atoms with Crippen LogP contribution in [0.4, 0.5) is 0 Å². The topological polar surface area (TPSA) is 63.1 Å². The summed E-state index contributed by atoms with van der Waals surface area (Å²) in [6, 6.07) is 0. The number of aliphatic carboxylic acids is 1. The van der Waals surface area contributed by atoms with Crippen LogP contribution in [0.25, 0.3) is 0 Å². The van der Waals surface area contributed by atoms with Crippen molar-refractivity contribution in [3.63, 3.8) is 0 Å². The molecule has 1 rings (SSSR count). The lowest BCUT2D eigenvalue weighted by Crippen LogP contribution is -2.23. The summed E-state index contributed by atoms with van der Waals surface area (Å²) in [5, 5.41) is 8.93. The number of carboxylic acids is 1. The van der Waals surface area contributed by atoms with Crippen LogP contribution < -0.4 is 0 Å². The molecule has 16 heavy (non-hydrogen) atoms. The molecule has 1 heterocycles. The van der Waals surface area contributed by atoms with Gasteiger partial charge in [0.1, 0.15) is 5.82 Å². The number of carbonyl (C=O) groups is 1. The second kappa shape index (κ2) is 5.63. The Morgan fingerprint density at radius 3 is 2.75 bits per heavy atom. The van der Waals surface area contributed by atoms with E-state index < -0.39 is 11.4 Å². The van der Waals surface area contributed by atoms with Gasteiger partial charge in [-0.15, -0.1) is 0 Å². The molecule has 0 spiro atoms. The van der Waals surface area contributed by atoms with Crippen LogP contribution >= 0.6 is 23.3 Å². The van der Waals surface area contributed by atoms with Crippen LogP contribution in [0.1, 0.15) is 32.5 Å². The van der Waals surface area contributed by atoms with Gasteiger partial charge in [0.05, 0.1) is 5.41 Å². The maximum absolute atomic E-state index is 10.9. The first-order chi connectivity index (χ1) is 7.42. The van der Waals surface area contributed by atoms with Gasteiger partial charge in [-0.2, -0.15) is 4.37 Å². The quantitative estimate of drug-likeness (QED) is 0.629. The maximum Gasteiger partial charge on any atom is 0.309 e. The van der Waals surface area contributed by atoms with Gasteiger partial charge < -0.3 is 5.11 Å². The Morgan fingerprint density at radius 2 is 2.25 bits per heavy atom. The fourth-order valence-electron chi connectivity index (χ4n) is 1.12. The molecule has 0 bridgehead atoms. The summed E-state index contributed by atoms with van der Waals surface area (Å²) < 4.78 is 5.05. The van der Waals surface area contributed by atoms with Crippen molar-refractivity contribution in [1.29, 1.82) is 0 Å². The van der Waals surface area contributed by atoms with Crippen LogP contribution in [-0.4, -0.2) is 26.2 Å². The molecule has 1 aromatic heterocycles. The van der Waals surface area contributed by atoms with Crippen molar-refractivity contribution in [3.05, 3.63) is 5.82 Å². The van der Waals surface area contributed by atoms with Crippen molar-refractivity contribution >= 4 is 29.3 Å². The molecule has 0 atom stereocenters. The highest BCUT2D eigenvalue weighted by molar-refractivity contribution is 8.00. The Morgan fingerprint density at radius 1 is 1.56 bits per heavy atom. The third-order valence-corrected chi connectivity index (χ3v) is 4.27. The number of rotatable bonds is 6. The molecule has 0 aliphatic carbocycles. The minimum absolute atomic E-state index is 0.627. The molecule has 0 unspecified atom stereocenters. The van der Waals surface area contributed by atoms with Crippen molar-refractivity contribution in [1.82, 2.24) is 9.36 Å². The van der Waals surface area contributed by atoms with E-state index in [1.165, 1.54) is 11.5 Å². The first-order valence-electron chi connectivity index (χ1n) is 5.08. The molecule has 0 aliphatic heterocycles. The lowest BCUT2D eigenvalue weighted by Gasteiger charge is -2.18. The molecule has 1 aromatic rings. The first kappa shape index (κ1) is 13.4. The van der Waals surface area contributed by atoms with E-state index in [4.69, 9.17) is 5.11 Å². The van der Waals surface area contributed by atoms with E-state index in [2.05, 4.69) is 9.36 Å². The monoisotopic (exact) mass is 260 g/mol. The van der Waals surface area contributed by atoms with E-state index in [-0.39, 0.29) is 0 Å². The minimum atomic E-state index is -0.732. The van der Waals surface area contributed by atoms with Crippen molar-refractivity contribution in [2.24, 2.45) is 5.41 Å². The van der Waals surface area contributed by atoms with Gasteiger partial charge in [-0.05, 0) is 45.1 Å². The molecule has 90 valence electrons. The zero-order valence-corrected chi connectivity index (χ0v) is 11.3. The zero-order chi connectivity index (χ0) is 12.2. The van der Waals surface area contributed by atoms with Gasteiger partial charge in [0.2, 0.25) is 0 Å². The third kappa shape index (κ3) is 4.09. The van der Waals surface area contributed by atoms with E-state index in [0.717, 1.165) is 22.3 Å². The maximum atomic E-state index is 10.9. The number of thioether (sulfide) groups is 1. The minimum Gasteiger partial charge on any atom is -0.481 e. The molecule has 0 saturated carbocycles. The van der Waals surface area contributed by atoms with Crippen molar-refractivity contribution in [3.8, 4) is 0 Å². The molecule has 4 nitrogen and oxygen atoms in total. The number of nitrogens with zero attached hydrogens (tertiary/aromatic N) is 2. The third-order valence-electron chi connectivity index (χ3n) is 2.26. The molecule has 0 aliphatic rings. The summed E-state index contributed by atoms with van der Waals surface area (Å²) in [6.45, 7) is 5.39. The molecular formula is C10H16N2O2S2. The van der Waals surface area contributed by atoms with Crippen molar-refractivity contribution in [2.45, 2.75) is 38.0 Å². The lowest BCUT2D eigenvalue weighted by atomic mass is 9.88. The summed E-state index contributed by atoms with van der Waals surface area (Å²) in [7, 11) is 0. The summed E-state index contributed by atoms with van der Waals surface area (Å²) in [5.74, 6) is 0.966. The fourth-order valence-corrected chi connectivity index (χ4v) is 2.77. The number of hydrogen-bond donors (Lipinski definition) is 1. The second-order valence-corrected chi connectivity index (χ2v) is 6.34. The summed E-state index contributed by atoms with van der Waals surface area (Å²) in [5.41, 5.74) is -0.627. The van der Waals surface area contributed by atoms with Crippen LogP contribution in [0.5, 0.6) is 0 Å². The number of aromatic nitrogens is 2. The molecule has 0 saturated heterocycles. The molecule has 0 radical (unpaired) electrons. The zero-order valence-electron chi connectivity index (χ0n) is 9.69. The van der Waals surface area contributed by atoms with E-state index in [1.807, 2.05) is 6.92 Å². The Labute approximate surface area is 104 Å². The Kier molecular flexibility index (Phi) is 4.73. The summed E-state index contributed by atoms with van der Waals surface area (Å²) in [6.07, 6.45) is 1.57. The Balaban J connectivity index is 2.24. The highest BCUT2D eigenvalue weighted by Gasteiger charge is 2.26. The van der Waals surface area contributed by atoms with Crippen LogP contribution in [0.15, 0.2) is 4.34 Å². The number of hydrogen-bond acceptors (Lipinski definition) is 5. The summed E-state index contributed by atoms with van der Waals surface area (Å²) in [4.78, 5) is 15.1. The largest absolute Gasteiger partial charge is 0.481 e. The van der Waals surface area contributed by atoms with Gasteiger partial charge in [-0.1, -0.05) is 11.8 Å². The van der Waals surface area contributed by atoms with Gasteiger partial charge in [0.25, 0.3) is 0 Å². The highest BCUT2D eigenvalue weighted by Crippen LogP contribution is 2.26. The van der Waals surface area contributed by atoms with Gasteiger partial charge in [0, 0.05) is 5.75 Å². The van der Waals surface area contributed by atoms with Crippen molar-refractivity contribution < 1.29 is 9.90 Å². The average Bonchev–Trinajstić information content (AvgIpc) is 2.59. The SMILES string of the molecule is Cc1nsc(SCCCC(C)(C)C(=O)O)n1. The fraction of sp³-hybridized carbons (Fsp3) is 0.700. The van der Waals surface area contributed by atoms with E-state index in [0.29, 0.717) is 6.42 Å². The molecule has 0 amide bonds. The van der Waals surface area contributed by atoms with Gasteiger partial charge in [-0.25, -0.2) is 4.98 Å². The predicted octanol–water partition coefficient (Wildman–Crippen LogP) is 2.83. The Bertz CT molecular complexity index is 363. The second-order valence-electron chi connectivity index (χ2n) is 4.25. The van der Waals surface area contributed by atoms with Gasteiger partial charge in [0.15, 0.2) is 4.34 Å². The van der Waals surface area contributed by atoms with E-state index >= 15 is 0 Å². The average molecular weight is 260 g/mol. The van der Waals surface area contributed by atoms with Crippen molar-refractivity contribution in [2.75, 3.05) is 5.75 Å². The van der Waals surface area contributed by atoms with E-state index in [9.17, 15) is 4.79 Å². The van der Waals surface area contributed by atoms with Crippen LogP contribution in [0, 0.1) is 12.3 Å². The molecule has 0 aromatic carbocycles. The van der Waals surface area contributed by atoms with Crippen LogP contribution in [0.3, 0.4) is 0 Å². The molecule has 6 heteroatoms. The molecule has 1 N–H and O–H groups in total. The molecular weight excluding hydrogens is 244 g/mol. The normalized spacial score (nSPS) is 11.7. The lowest BCUT2D eigenvalue weighted by molar-refractivity contribution is -0.147. The number of aryl methyl sites for hydroxylation is 1. The number of carboxylic acid groups (broad SMARTS) is 1. The Hall–Kier alpha value is -0.620. The van der Waals surface area contributed by atoms with Gasteiger partial charge in [-0.3, -0.25) is 4.79 Å². The highest BCUT2D eigenvalue weighted by atomic mass is 32.2. The van der Waals surface area contributed by atoms with Crippen LogP contribution in [0.2, 0.25) is 0 Å². The summed E-state index contributed by atoms with van der Waals surface area (Å²) >= 11 is 3.04. The smallest absolute Gasteiger partial charge is 0.309 e. The first-order valence-corrected chi connectivity index (χ1v) is 6.84. The molecule has 0 fully saturated rings. The van der Waals surface area contributed by atoms with Gasteiger partial charge >= 0.3 is 5.97 Å². The van der Waals surface area contributed by atoms with Crippen LogP contribution in [-0.2, 0) is 4.79 Å². The van der Waals surface area contributed by atoms with E-state index in [1.54, 1.807) is 25.6 Å². The standard InChI is InChI=1S/C10H16N2O2S2/c1-7-11-9(16-12-7)15-6-4-5-10(2,3)8(13)14/h4-6H2,1-3H3,(H,13,14).